The molecule has 0 aliphatic heterocycles. The predicted molar refractivity (Wildman–Crippen MR) is 92.0 cm³/mol. The zero-order valence-electron chi connectivity index (χ0n) is 14.6. The molecule has 0 spiro atoms. The molecule has 0 N–H and O–H groups in total. The van der Waals surface area contributed by atoms with Gasteiger partial charge in [-0.3, -0.25) is 9.59 Å². The number of hydrogen-bond acceptors (Lipinski definition) is 4. The third-order valence-corrected chi connectivity index (χ3v) is 4.34. The van der Waals surface area contributed by atoms with Crippen LogP contribution in [-0.4, -0.2) is 29.6 Å². The summed E-state index contributed by atoms with van der Waals surface area (Å²) in [7, 11) is 0. The first kappa shape index (κ1) is 19.9. The van der Waals surface area contributed by atoms with Crippen molar-refractivity contribution in [3.05, 3.63) is 48.0 Å². The summed E-state index contributed by atoms with van der Waals surface area (Å²) < 4.78 is 32.8. The third-order valence-electron chi connectivity index (χ3n) is 4.34. The molecule has 1 aliphatic carbocycles. The van der Waals surface area contributed by atoms with Crippen LogP contribution >= 0.6 is 0 Å². The maximum Gasteiger partial charge on any atom is 0.338 e. The zero-order chi connectivity index (χ0) is 19.2. The predicted octanol–water partition coefficient (Wildman–Crippen LogP) is 4.14. The number of benzene rings is 1. The van der Waals surface area contributed by atoms with E-state index in [0.29, 0.717) is 12.0 Å². The lowest BCUT2D eigenvalue weighted by Gasteiger charge is -2.17. The van der Waals surface area contributed by atoms with Crippen molar-refractivity contribution in [3.8, 4) is 0 Å². The number of alkyl halides is 2. The molecule has 1 aliphatic rings. The Morgan fingerprint density at radius 1 is 1.23 bits per heavy atom. The van der Waals surface area contributed by atoms with Crippen LogP contribution in [-0.2, 0) is 14.3 Å². The van der Waals surface area contributed by atoms with E-state index in [1.54, 1.807) is 37.3 Å². The molecule has 4 nitrogen and oxygen atoms in total. The number of esters is 1. The maximum absolute atomic E-state index is 13.7. The molecule has 6 heteroatoms. The van der Waals surface area contributed by atoms with E-state index in [0.717, 1.165) is 6.08 Å². The van der Waals surface area contributed by atoms with E-state index in [1.165, 1.54) is 6.08 Å². The first-order chi connectivity index (χ1) is 12.3. The third kappa shape index (κ3) is 5.31. The van der Waals surface area contributed by atoms with Crippen molar-refractivity contribution in [2.45, 2.75) is 51.1 Å². The van der Waals surface area contributed by atoms with Gasteiger partial charge in [-0.15, -0.1) is 0 Å². The number of allylic oxidation sites excluding steroid dienone is 1. The minimum Gasteiger partial charge on any atom is -0.458 e. The lowest BCUT2D eigenvalue weighted by atomic mass is 10.0. The normalized spacial score (nSPS) is 20.5. The number of halogens is 2. The quantitative estimate of drug-likeness (QED) is 0.514. The highest BCUT2D eigenvalue weighted by molar-refractivity contribution is 5.96. The Morgan fingerprint density at radius 2 is 1.92 bits per heavy atom. The van der Waals surface area contributed by atoms with Crippen molar-refractivity contribution in [1.29, 1.82) is 0 Å². The van der Waals surface area contributed by atoms with Crippen LogP contribution in [0.3, 0.4) is 0 Å². The Morgan fingerprint density at radius 3 is 2.58 bits per heavy atom. The molecule has 0 heterocycles. The molecule has 0 amide bonds. The molecular formula is C20H22F2O4. The van der Waals surface area contributed by atoms with Gasteiger partial charge in [0.05, 0.1) is 5.56 Å². The minimum atomic E-state index is -3.41. The molecular weight excluding hydrogens is 342 g/mol. The summed E-state index contributed by atoms with van der Waals surface area (Å²) in [5.41, 5.74) is 0.344. The van der Waals surface area contributed by atoms with E-state index in [4.69, 9.17) is 4.74 Å². The van der Waals surface area contributed by atoms with Crippen LogP contribution in [0, 0.1) is 5.92 Å². The fourth-order valence-corrected chi connectivity index (χ4v) is 2.81. The fraction of sp³-hybridized carbons (Fsp3) is 0.450. The Labute approximate surface area is 151 Å². The van der Waals surface area contributed by atoms with Crippen molar-refractivity contribution in [1.82, 2.24) is 0 Å². The molecule has 0 radical (unpaired) electrons. The van der Waals surface area contributed by atoms with Crippen molar-refractivity contribution in [2.75, 3.05) is 0 Å². The molecule has 0 saturated heterocycles. The van der Waals surface area contributed by atoms with Gasteiger partial charge >= 0.3 is 11.9 Å². The number of Topliss-reactive ketones (excluding diaryl/α,β-unsaturated/α-hetero) is 1. The standard InChI is InChI=1S/C20H22F2O4/c1-2-3-11-20(21,22)18(24)10-9-15-12-16(23)13-17(15)26-19(25)14-7-5-4-6-8-14/h4-10,15,17H,2-3,11-13H2,1H3/t15-,17+/m1/s1. The van der Waals surface area contributed by atoms with E-state index in [2.05, 4.69) is 0 Å². The van der Waals surface area contributed by atoms with Gasteiger partial charge in [0.2, 0.25) is 5.78 Å². The van der Waals surface area contributed by atoms with E-state index < -0.39 is 36.1 Å². The molecule has 2 atom stereocenters. The number of unbranched alkanes of at least 4 members (excludes halogenated alkanes) is 1. The Kier molecular flexibility index (Phi) is 6.77. The molecule has 0 aromatic heterocycles. The Balaban J connectivity index is 2.01. The molecule has 1 fully saturated rings. The molecule has 1 saturated carbocycles. The molecule has 26 heavy (non-hydrogen) atoms. The average Bonchev–Trinajstić information content (AvgIpc) is 2.97. The number of hydrogen-bond donors (Lipinski definition) is 0. The topological polar surface area (TPSA) is 60.4 Å². The van der Waals surface area contributed by atoms with Crippen molar-refractivity contribution < 1.29 is 27.9 Å². The van der Waals surface area contributed by atoms with E-state index in [-0.39, 0.29) is 25.0 Å². The molecule has 2 rings (SSSR count). The highest BCUT2D eigenvalue weighted by Gasteiger charge is 2.38. The molecule has 0 bridgehead atoms. The SMILES string of the molecule is CCCCC(F)(F)C(=O)C=C[C@@H]1CC(=O)C[C@@H]1OC(=O)c1ccccc1. The second-order valence-corrected chi connectivity index (χ2v) is 6.45. The zero-order valence-corrected chi connectivity index (χ0v) is 14.6. The summed E-state index contributed by atoms with van der Waals surface area (Å²) >= 11 is 0. The van der Waals surface area contributed by atoms with Gasteiger partial charge < -0.3 is 4.74 Å². The van der Waals surface area contributed by atoms with Crippen LogP contribution in [0.25, 0.3) is 0 Å². The van der Waals surface area contributed by atoms with E-state index in [9.17, 15) is 23.2 Å². The smallest absolute Gasteiger partial charge is 0.338 e. The fourth-order valence-electron chi connectivity index (χ4n) is 2.81. The molecule has 140 valence electrons. The van der Waals surface area contributed by atoms with Gasteiger partial charge in [0, 0.05) is 25.2 Å². The molecule has 1 aromatic carbocycles. The highest BCUT2D eigenvalue weighted by Crippen LogP contribution is 2.29. The second-order valence-electron chi connectivity index (χ2n) is 6.45. The summed E-state index contributed by atoms with van der Waals surface area (Å²) in [6, 6.07) is 8.30. The first-order valence-electron chi connectivity index (χ1n) is 8.71. The number of ether oxygens (including phenoxy) is 1. The Hall–Kier alpha value is -2.37. The van der Waals surface area contributed by atoms with Crippen LogP contribution in [0.2, 0.25) is 0 Å². The summed E-state index contributed by atoms with van der Waals surface area (Å²) in [5.74, 6) is -5.97. The van der Waals surface area contributed by atoms with Gasteiger partial charge in [0.15, 0.2) is 0 Å². The maximum atomic E-state index is 13.7. The number of carbonyl (C=O) groups excluding carboxylic acids is 3. The van der Waals surface area contributed by atoms with Crippen molar-refractivity contribution >= 4 is 17.5 Å². The van der Waals surface area contributed by atoms with Crippen molar-refractivity contribution in [3.63, 3.8) is 0 Å². The van der Waals surface area contributed by atoms with E-state index in [1.807, 2.05) is 0 Å². The van der Waals surface area contributed by atoms with Crippen LogP contribution < -0.4 is 0 Å². The highest BCUT2D eigenvalue weighted by atomic mass is 19.3. The average molecular weight is 364 g/mol. The molecule has 0 unspecified atom stereocenters. The number of carbonyl (C=O) groups is 3. The first-order valence-corrected chi connectivity index (χ1v) is 8.71. The van der Waals surface area contributed by atoms with Crippen LogP contribution in [0.5, 0.6) is 0 Å². The van der Waals surface area contributed by atoms with Crippen LogP contribution in [0.15, 0.2) is 42.5 Å². The molecule has 1 aromatic rings. The van der Waals surface area contributed by atoms with E-state index >= 15 is 0 Å². The monoisotopic (exact) mass is 364 g/mol. The summed E-state index contributed by atoms with van der Waals surface area (Å²) in [5, 5.41) is 0. The van der Waals surface area contributed by atoms with Crippen molar-refractivity contribution in [2.24, 2.45) is 5.92 Å². The minimum absolute atomic E-state index is 0.0218. The summed E-state index contributed by atoms with van der Waals surface area (Å²) in [4.78, 5) is 35.6. The van der Waals surface area contributed by atoms with Gasteiger partial charge in [-0.05, 0) is 24.6 Å². The Bertz CT molecular complexity index is 682. The van der Waals surface area contributed by atoms with Gasteiger partial charge in [-0.2, -0.15) is 8.78 Å². The second kappa shape index (κ2) is 8.83. The van der Waals surface area contributed by atoms with Gasteiger partial charge in [-0.25, -0.2) is 4.79 Å². The summed E-state index contributed by atoms with van der Waals surface area (Å²) in [6.45, 7) is 1.77. The number of ketones is 2. The van der Waals surface area contributed by atoms with Crippen LogP contribution in [0.4, 0.5) is 8.78 Å². The number of rotatable bonds is 8. The van der Waals surface area contributed by atoms with Crippen LogP contribution in [0.1, 0.15) is 49.4 Å². The van der Waals surface area contributed by atoms with Gasteiger partial charge in [0.1, 0.15) is 11.9 Å². The lowest BCUT2D eigenvalue weighted by molar-refractivity contribution is -0.138. The van der Waals surface area contributed by atoms with Gasteiger partial charge in [-0.1, -0.05) is 37.6 Å². The summed E-state index contributed by atoms with van der Waals surface area (Å²) in [6.07, 6.45) is 1.77. The lowest BCUT2D eigenvalue weighted by Crippen LogP contribution is -2.27. The largest absolute Gasteiger partial charge is 0.458 e. The van der Waals surface area contributed by atoms with Gasteiger partial charge in [0.25, 0.3) is 0 Å².